The number of carbonyl (C=O) groups is 1. The van der Waals surface area contributed by atoms with Crippen LogP contribution in [0, 0.1) is 0 Å². The molecule has 22 heavy (non-hydrogen) atoms. The van der Waals surface area contributed by atoms with Crippen molar-refractivity contribution < 1.29 is 14.6 Å². The summed E-state index contributed by atoms with van der Waals surface area (Å²) >= 11 is 0. The number of aliphatic hydroxyl groups is 1. The molecular formula is C18H19NO3. The molecule has 1 saturated heterocycles. The van der Waals surface area contributed by atoms with Gasteiger partial charge in [0.05, 0.1) is 0 Å². The Hall–Kier alpha value is -2.17. The number of nitrogens with zero attached hydrogens (tertiary/aromatic N) is 1. The number of ether oxygens (including phenoxy) is 1. The van der Waals surface area contributed by atoms with Crippen LogP contribution >= 0.6 is 0 Å². The summed E-state index contributed by atoms with van der Waals surface area (Å²) in [6.07, 6.45) is -0.778. The van der Waals surface area contributed by atoms with Crippen LogP contribution in [-0.2, 0) is 22.6 Å². The van der Waals surface area contributed by atoms with E-state index in [1.54, 1.807) is 0 Å². The average molecular weight is 297 g/mol. The Bertz CT molecular complexity index is 573. The van der Waals surface area contributed by atoms with Crippen molar-refractivity contribution in [3.8, 4) is 0 Å². The molecule has 1 aliphatic rings. The molecule has 2 aromatic rings. The van der Waals surface area contributed by atoms with Crippen molar-refractivity contribution in [2.24, 2.45) is 0 Å². The molecule has 0 amide bonds. The largest absolute Gasteiger partial charge is 0.462 e. The molecule has 1 aliphatic heterocycles. The molecule has 4 nitrogen and oxygen atoms in total. The molecule has 1 heterocycles. The quantitative estimate of drug-likeness (QED) is 0.857. The molecule has 0 aliphatic carbocycles. The lowest BCUT2D eigenvalue weighted by Gasteiger charge is -2.28. The molecule has 0 spiro atoms. The lowest BCUT2D eigenvalue weighted by molar-refractivity contribution is -0.142. The highest BCUT2D eigenvalue weighted by Gasteiger charge is 2.40. The molecule has 0 unspecified atom stereocenters. The first-order valence-corrected chi connectivity index (χ1v) is 7.40. The third kappa shape index (κ3) is 3.35. The second-order valence-electron chi connectivity index (χ2n) is 5.52. The SMILES string of the molecule is O=C1OC[C@@H](O)[C@@H]1N(Cc1ccccc1)Cc1ccccc1. The zero-order valence-corrected chi connectivity index (χ0v) is 12.3. The minimum Gasteiger partial charge on any atom is -0.462 e. The molecule has 4 heteroatoms. The Morgan fingerprint density at radius 1 is 0.955 bits per heavy atom. The molecule has 0 saturated carbocycles. The maximum absolute atomic E-state index is 12.0. The van der Waals surface area contributed by atoms with E-state index < -0.39 is 12.1 Å². The van der Waals surface area contributed by atoms with Crippen LogP contribution in [0.3, 0.4) is 0 Å². The van der Waals surface area contributed by atoms with E-state index in [4.69, 9.17) is 4.74 Å². The van der Waals surface area contributed by atoms with E-state index in [0.717, 1.165) is 11.1 Å². The second-order valence-corrected chi connectivity index (χ2v) is 5.52. The van der Waals surface area contributed by atoms with Gasteiger partial charge in [-0.1, -0.05) is 60.7 Å². The fourth-order valence-corrected chi connectivity index (χ4v) is 2.78. The maximum atomic E-state index is 12.0. The lowest BCUT2D eigenvalue weighted by Crippen LogP contribution is -2.44. The normalized spacial score (nSPS) is 21.1. The molecule has 1 N–H and O–H groups in total. The van der Waals surface area contributed by atoms with Crippen molar-refractivity contribution in [1.29, 1.82) is 0 Å². The van der Waals surface area contributed by atoms with Crippen LogP contribution in [0.4, 0.5) is 0 Å². The van der Waals surface area contributed by atoms with Gasteiger partial charge in [0.25, 0.3) is 0 Å². The summed E-state index contributed by atoms with van der Waals surface area (Å²) in [4.78, 5) is 14.0. The Balaban J connectivity index is 1.83. The fourth-order valence-electron chi connectivity index (χ4n) is 2.78. The Labute approximate surface area is 130 Å². The Kier molecular flexibility index (Phi) is 4.51. The smallest absolute Gasteiger partial charge is 0.326 e. The minimum absolute atomic E-state index is 0.0730. The highest BCUT2D eigenvalue weighted by Crippen LogP contribution is 2.20. The van der Waals surface area contributed by atoms with Gasteiger partial charge >= 0.3 is 5.97 Å². The van der Waals surface area contributed by atoms with Crippen LogP contribution < -0.4 is 0 Å². The predicted octanol–water partition coefficient (Wildman–Crippen LogP) is 1.98. The molecule has 0 radical (unpaired) electrons. The van der Waals surface area contributed by atoms with Crippen LogP contribution in [0.25, 0.3) is 0 Å². The van der Waals surface area contributed by atoms with Gasteiger partial charge in [-0.25, -0.2) is 0 Å². The molecule has 3 rings (SSSR count). The van der Waals surface area contributed by atoms with Crippen molar-refractivity contribution in [2.45, 2.75) is 25.2 Å². The van der Waals surface area contributed by atoms with Crippen molar-refractivity contribution >= 4 is 5.97 Å². The minimum atomic E-state index is -0.778. The highest BCUT2D eigenvalue weighted by molar-refractivity contribution is 5.78. The third-order valence-electron chi connectivity index (χ3n) is 3.85. The van der Waals surface area contributed by atoms with Crippen molar-refractivity contribution in [2.75, 3.05) is 6.61 Å². The van der Waals surface area contributed by atoms with Gasteiger partial charge in [0, 0.05) is 13.1 Å². The van der Waals surface area contributed by atoms with E-state index in [1.807, 2.05) is 65.6 Å². The number of esters is 1. The molecule has 1 fully saturated rings. The van der Waals surface area contributed by atoms with Gasteiger partial charge in [-0.15, -0.1) is 0 Å². The number of rotatable bonds is 5. The zero-order chi connectivity index (χ0) is 15.4. The van der Waals surface area contributed by atoms with Crippen LogP contribution in [0.15, 0.2) is 60.7 Å². The van der Waals surface area contributed by atoms with E-state index >= 15 is 0 Å². The van der Waals surface area contributed by atoms with E-state index in [0.29, 0.717) is 13.1 Å². The van der Waals surface area contributed by atoms with Gasteiger partial charge < -0.3 is 9.84 Å². The molecule has 0 aromatic heterocycles. The van der Waals surface area contributed by atoms with Gasteiger partial charge in [0.15, 0.2) is 0 Å². The summed E-state index contributed by atoms with van der Waals surface area (Å²) < 4.78 is 5.00. The van der Waals surface area contributed by atoms with Crippen LogP contribution in [0.1, 0.15) is 11.1 Å². The van der Waals surface area contributed by atoms with Gasteiger partial charge in [-0.2, -0.15) is 0 Å². The summed E-state index contributed by atoms with van der Waals surface area (Å²) in [5.74, 6) is -0.348. The number of carbonyl (C=O) groups excluding carboxylic acids is 1. The average Bonchev–Trinajstić information content (AvgIpc) is 2.88. The first kappa shape index (κ1) is 14.8. The third-order valence-corrected chi connectivity index (χ3v) is 3.85. The summed E-state index contributed by atoms with van der Waals surface area (Å²) in [5.41, 5.74) is 2.20. The van der Waals surface area contributed by atoms with Crippen LogP contribution in [0.5, 0.6) is 0 Å². The fraction of sp³-hybridized carbons (Fsp3) is 0.278. The molecule has 0 bridgehead atoms. The van der Waals surface area contributed by atoms with Gasteiger partial charge in [-0.05, 0) is 11.1 Å². The highest BCUT2D eigenvalue weighted by atomic mass is 16.6. The number of aliphatic hydroxyl groups excluding tert-OH is 1. The van der Waals surface area contributed by atoms with Gasteiger partial charge in [0.2, 0.25) is 0 Å². The molecule has 2 aromatic carbocycles. The topological polar surface area (TPSA) is 49.8 Å². The number of hydrogen-bond acceptors (Lipinski definition) is 4. The second kappa shape index (κ2) is 6.73. The molecule has 114 valence electrons. The monoisotopic (exact) mass is 297 g/mol. The predicted molar refractivity (Wildman–Crippen MR) is 82.9 cm³/mol. The molecule has 2 atom stereocenters. The van der Waals surface area contributed by atoms with Gasteiger partial charge in [-0.3, -0.25) is 9.69 Å². The van der Waals surface area contributed by atoms with E-state index in [-0.39, 0.29) is 12.6 Å². The maximum Gasteiger partial charge on any atom is 0.326 e. The van der Waals surface area contributed by atoms with Crippen molar-refractivity contribution in [3.63, 3.8) is 0 Å². The standard InChI is InChI=1S/C18H19NO3/c20-16-13-22-18(21)17(16)19(11-14-7-3-1-4-8-14)12-15-9-5-2-6-10-15/h1-10,16-17,20H,11-13H2/t16-,17+/m1/s1. The molecular weight excluding hydrogens is 278 g/mol. The van der Waals surface area contributed by atoms with Crippen LogP contribution in [0.2, 0.25) is 0 Å². The summed E-state index contributed by atoms with van der Waals surface area (Å²) in [5, 5.41) is 10.1. The first-order chi connectivity index (χ1) is 10.7. The zero-order valence-electron chi connectivity index (χ0n) is 12.3. The summed E-state index contributed by atoms with van der Waals surface area (Å²) in [6.45, 7) is 1.25. The number of cyclic esters (lactones) is 1. The Morgan fingerprint density at radius 2 is 1.45 bits per heavy atom. The van der Waals surface area contributed by atoms with E-state index in [9.17, 15) is 9.90 Å². The first-order valence-electron chi connectivity index (χ1n) is 7.40. The number of benzene rings is 2. The lowest BCUT2D eigenvalue weighted by atomic mass is 10.1. The van der Waals surface area contributed by atoms with Crippen molar-refractivity contribution in [3.05, 3.63) is 71.8 Å². The van der Waals surface area contributed by atoms with E-state index in [2.05, 4.69) is 0 Å². The Morgan fingerprint density at radius 3 is 1.86 bits per heavy atom. The summed E-state index contributed by atoms with van der Waals surface area (Å²) in [7, 11) is 0. The van der Waals surface area contributed by atoms with Gasteiger partial charge in [0.1, 0.15) is 18.8 Å². The van der Waals surface area contributed by atoms with Crippen LogP contribution in [-0.4, -0.2) is 34.7 Å². The number of hydrogen-bond donors (Lipinski definition) is 1. The van der Waals surface area contributed by atoms with E-state index in [1.165, 1.54) is 0 Å². The van der Waals surface area contributed by atoms with Crippen molar-refractivity contribution in [1.82, 2.24) is 4.90 Å². The summed E-state index contributed by atoms with van der Waals surface area (Å²) in [6, 6.07) is 19.3.